The molecule has 0 bridgehead atoms. The molecule has 0 N–H and O–H groups in total. The van der Waals surface area contributed by atoms with E-state index >= 15 is 0 Å². The van der Waals surface area contributed by atoms with Crippen LogP contribution in [-0.4, -0.2) is 12.1 Å². The summed E-state index contributed by atoms with van der Waals surface area (Å²) in [7, 11) is 0. The van der Waals surface area contributed by atoms with Gasteiger partial charge in [0, 0.05) is 6.42 Å². The largest absolute Gasteiger partial charge is 0.299 e. The van der Waals surface area contributed by atoms with Gasteiger partial charge in [0.25, 0.3) is 0 Å². The quantitative estimate of drug-likeness (QED) is 0.595. The van der Waals surface area contributed by atoms with Crippen LogP contribution < -0.4 is 0 Å². The molecule has 2 rings (SSSR count). The van der Waals surface area contributed by atoms with Crippen molar-refractivity contribution in [3.63, 3.8) is 0 Å². The van der Waals surface area contributed by atoms with Gasteiger partial charge >= 0.3 is 0 Å². The number of benzene rings is 1. The lowest BCUT2D eigenvalue weighted by Crippen LogP contribution is -2.20. The molecule has 0 aromatic heterocycles. The van der Waals surface area contributed by atoms with E-state index in [1.807, 2.05) is 37.3 Å². The molecule has 1 aliphatic rings. The van der Waals surface area contributed by atoms with Crippen LogP contribution in [0.2, 0.25) is 0 Å². The standard InChI is InChI=1S/C9H14O.C9H8O/c1-7-4-8(10)6-9(2,3)5-7;10-8-4-7-9-5-2-1-3-6-9/h4H,5-6H2,1-3H3;1-8H. The van der Waals surface area contributed by atoms with Crippen LogP contribution in [0.15, 0.2) is 48.1 Å². The Bertz CT molecular complexity index is 507. The Labute approximate surface area is 121 Å². The van der Waals surface area contributed by atoms with Crippen LogP contribution in [0.1, 0.15) is 39.2 Å². The van der Waals surface area contributed by atoms with E-state index in [1.165, 1.54) is 11.6 Å². The molecule has 106 valence electrons. The second-order valence-corrected chi connectivity index (χ2v) is 5.88. The predicted molar refractivity (Wildman–Crippen MR) is 83.3 cm³/mol. The normalized spacial score (nSPS) is 17.1. The molecule has 1 aromatic rings. The lowest BCUT2D eigenvalue weighted by atomic mass is 9.77. The number of hydrogen-bond donors (Lipinski definition) is 0. The zero-order valence-electron chi connectivity index (χ0n) is 12.4. The molecule has 1 aliphatic carbocycles. The molecular weight excluding hydrogens is 248 g/mol. The average molecular weight is 270 g/mol. The van der Waals surface area contributed by atoms with E-state index in [0.29, 0.717) is 6.42 Å². The van der Waals surface area contributed by atoms with Crippen molar-refractivity contribution in [1.82, 2.24) is 0 Å². The third-order valence-corrected chi connectivity index (χ3v) is 2.98. The van der Waals surface area contributed by atoms with E-state index < -0.39 is 0 Å². The van der Waals surface area contributed by atoms with E-state index in [4.69, 9.17) is 0 Å². The van der Waals surface area contributed by atoms with Crippen LogP contribution in [0.5, 0.6) is 0 Å². The van der Waals surface area contributed by atoms with Gasteiger partial charge in [0.15, 0.2) is 5.78 Å². The Balaban J connectivity index is 0.000000200. The van der Waals surface area contributed by atoms with Crippen molar-refractivity contribution >= 4 is 18.1 Å². The van der Waals surface area contributed by atoms with E-state index in [1.54, 1.807) is 12.2 Å². The highest BCUT2D eigenvalue weighted by molar-refractivity contribution is 5.91. The SMILES string of the molecule is CC1=CC(=O)CC(C)(C)C1.O=CC=Cc1ccccc1. The Morgan fingerprint density at radius 1 is 1.10 bits per heavy atom. The Morgan fingerprint density at radius 3 is 2.25 bits per heavy atom. The Hall–Kier alpha value is -1.96. The molecule has 0 radical (unpaired) electrons. The number of aldehydes is 1. The van der Waals surface area contributed by atoms with Gasteiger partial charge in [-0.3, -0.25) is 9.59 Å². The zero-order valence-corrected chi connectivity index (χ0v) is 12.4. The first-order chi connectivity index (χ1) is 9.43. The van der Waals surface area contributed by atoms with Gasteiger partial charge in [-0.1, -0.05) is 55.8 Å². The number of carbonyl (C=O) groups excluding carboxylic acids is 2. The first kappa shape index (κ1) is 16.1. The van der Waals surface area contributed by atoms with Gasteiger partial charge in [0.05, 0.1) is 0 Å². The smallest absolute Gasteiger partial charge is 0.156 e. The molecule has 1 aromatic carbocycles. The summed E-state index contributed by atoms with van der Waals surface area (Å²) in [6.45, 7) is 6.31. The van der Waals surface area contributed by atoms with Crippen molar-refractivity contribution < 1.29 is 9.59 Å². The fourth-order valence-corrected chi connectivity index (χ4v) is 2.38. The summed E-state index contributed by atoms with van der Waals surface area (Å²) in [4.78, 5) is 20.9. The van der Waals surface area contributed by atoms with Gasteiger partial charge in [-0.2, -0.15) is 0 Å². The number of carbonyl (C=O) groups is 2. The molecule has 2 heteroatoms. The molecule has 0 heterocycles. The monoisotopic (exact) mass is 270 g/mol. The summed E-state index contributed by atoms with van der Waals surface area (Å²) < 4.78 is 0. The predicted octanol–water partition coefficient (Wildman–Crippen LogP) is 4.22. The molecule has 0 fully saturated rings. The molecule has 0 saturated heterocycles. The number of ketones is 1. The second kappa shape index (κ2) is 7.59. The molecule has 20 heavy (non-hydrogen) atoms. The fraction of sp³-hybridized carbons (Fsp3) is 0.333. The van der Waals surface area contributed by atoms with Crippen molar-refractivity contribution in [3.8, 4) is 0 Å². The maximum absolute atomic E-state index is 11.0. The van der Waals surface area contributed by atoms with Crippen LogP contribution in [-0.2, 0) is 9.59 Å². The maximum atomic E-state index is 11.0. The van der Waals surface area contributed by atoms with E-state index in [2.05, 4.69) is 13.8 Å². The number of hydrogen-bond acceptors (Lipinski definition) is 2. The second-order valence-electron chi connectivity index (χ2n) is 5.88. The molecule has 0 spiro atoms. The topological polar surface area (TPSA) is 34.1 Å². The Morgan fingerprint density at radius 2 is 1.75 bits per heavy atom. The summed E-state index contributed by atoms with van der Waals surface area (Å²) in [5.41, 5.74) is 2.48. The fourth-order valence-electron chi connectivity index (χ4n) is 2.38. The summed E-state index contributed by atoms with van der Waals surface area (Å²) in [6.07, 6.45) is 7.57. The van der Waals surface area contributed by atoms with E-state index in [-0.39, 0.29) is 11.2 Å². The van der Waals surface area contributed by atoms with Gasteiger partial charge in [0.2, 0.25) is 0 Å². The molecule has 0 atom stereocenters. The van der Waals surface area contributed by atoms with Gasteiger partial charge in [-0.15, -0.1) is 0 Å². The summed E-state index contributed by atoms with van der Waals surface area (Å²) in [5.74, 6) is 0.286. The summed E-state index contributed by atoms with van der Waals surface area (Å²) in [6, 6.07) is 9.70. The van der Waals surface area contributed by atoms with Crippen LogP contribution in [0.25, 0.3) is 6.08 Å². The zero-order chi connectivity index (χ0) is 15.0. The average Bonchev–Trinajstić information content (AvgIpc) is 2.35. The van der Waals surface area contributed by atoms with Crippen LogP contribution in [0.3, 0.4) is 0 Å². The maximum Gasteiger partial charge on any atom is 0.156 e. The molecule has 2 nitrogen and oxygen atoms in total. The first-order valence-corrected chi connectivity index (χ1v) is 6.80. The highest BCUT2D eigenvalue weighted by Gasteiger charge is 2.25. The van der Waals surface area contributed by atoms with E-state index in [9.17, 15) is 9.59 Å². The van der Waals surface area contributed by atoms with Gasteiger partial charge in [0.1, 0.15) is 6.29 Å². The van der Waals surface area contributed by atoms with Gasteiger partial charge in [-0.05, 0) is 36.5 Å². The van der Waals surface area contributed by atoms with Crippen LogP contribution in [0.4, 0.5) is 0 Å². The number of rotatable bonds is 2. The molecule has 0 unspecified atom stereocenters. The number of allylic oxidation sites excluding steroid dienone is 3. The van der Waals surface area contributed by atoms with Crippen molar-refractivity contribution in [1.29, 1.82) is 0 Å². The van der Waals surface area contributed by atoms with Crippen LogP contribution >= 0.6 is 0 Å². The minimum atomic E-state index is 0.204. The van der Waals surface area contributed by atoms with Crippen molar-refractivity contribution in [2.24, 2.45) is 5.41 Å². The molecular formula is C18H22O2. The summed E-state index contributed by atoms with van der Waals surface area (Å²) in [5, 5.41) is 0. The highest BCUT2D eigenvalue weighted by atomic mass is 16.1. The van der Waals surface area contributed by atoms with Crippen LogP contribution in [0, 0.1) is 5.41 Å². The summed E-state index contributed by atoms with van der Waals surface area (Å²) >= 11 is 0. The third kappa shape index (κ3) is 6.28. The first-order valence-electron chi connectivity index (χ1n) is 6.80. The van der Waals surface area contributed by atoms with Crippen molar-refractivity contribution in [2.75, 3.05) is 0 Å². The van der Waals surface area contributed by atoms with Gasteiger partial charge in [-0.25, -0.2) is 0 Å². The molecule has 0 saturated carbocycles. The minimum Gasteiger partial charge on any atom is -0.299 e. The minimum absolute atomic E-state index is 0.204. The van der Waals surface area contributed by atoms with Crippen molar-refractivity contribution in [2.45, 2.75) is 33.6 Å². The van der Waals surface area contributed by atoms with Gasteiger partial charge < -0.3 is 0 Å². The molecule has 0 aliphatic heterocycles. The van der Waals surface area contributed by atoms with Crippen molar-refractivity contribution in [3.05, 3.63) is 53.6 Å². The molecule has 0 amide bonds. The lowest BCUT2D eigenvalue weighted by Gasteiger charge is -2.27. The Kier molecular flexibility index (Phi) is 6.10. The highest BCUT2D eigenvalue weighted by Crippen LogP contribution is 2.32. The van der Waals surface area contributed by atoms with E-state index in [0.717, 1.165) is 18.3 Å². The third-order valence-electron chi connectivity index (χ3n) is 2.98. The lowest BCUT2D eigenvalue weighted by molar-refractivity contribution is -0.117.